The fourth-order valence-corrected chi connectivity index (χ4v) is 1.74. The van der Waals surface area contributed by atoms with Gasteiger partial charge in [-0.1, -0.05) is 11.6 Å². The molecule has 128 valence electrons. The van der Waals surface area contributed by atoms with Crippen LogP contribution in [0, 0.1) is 0 Å². The van der Waals surface area contributed by atoms with Crippen LogP contribution < -0.4 is 16.0 Å². The maximum Gasteiger partial charge on any atom is 0.417 e. The number of halogens is 4. The van der Waals surface area contributed by atoms with Gasteiger partial charge in [-0.05, 0) is 18.2 Å². The van der Waals surface area contributed by atoms with Crippen LogP contribution in [0.25, 0.3) is 0 Å². The van der Waals surface area contributed by atoms with Gasteiger partial charge in [-0.3, -0.25) is 10.1 Å². The molecule has 0 atom stereocenters. The third kappa shape index (κ3) is 6.74. The van der Waals surface area contributed by atoms with E-state index in [1.165, 1.54) is 13.2 Å². The van der Waals surface area contributed by atoms with Crippen LogP contribution in [-0.4, -0.2) is 38.7 Å². The van der Waals surface area contributed by atoms with Crippen LogP contribution in [0.5, 0.6) is 0 Å². The highest BCUT2D eigenvalue weighted by atomic mass is 35.5. The number of nitrogens with one attached hydrogen (secondary N) is 3. The highest BCUT2D eigenvalue weighted by Gasteiger charge is 2.33. The molecule has 1 rings (SSSR count). The lowest BCUT2D eigenvalue weighted by Gasteiger charge is -2.12. The number of amides is 3. The number of hydrogen-bond donors (Lipinski definition) is 3. The Bertz CT molecular complexity index is 567. The van der Waals surface area contributed by atoms with E-state index in [4.69, 9.17) is 16.3 Å². The standard InChI is InChI=1S/C13H15ClF3N3O3/c1-23-5-4-18-12(22)20-11(21)7-19-8-2-3-10(14)9(6-8)13(15,16)17/h2-3,6,19H,4-5,7H2,1H3,(H2,18,20,21,22). The molecule has 0 unspecified atom stereocenters. The number of rotatable bonds is 6. The minimum absolute atomic E-state index is 0.0525. The SMILES string of the molecule is COCCNC(=O)NC(=O)CNc1ccc(Cl)c(C(F)(F)F)c1. The lowest BCUT2D eigenvalue weighted by molar-refractivity contribution is -0.137. The van der Waals surface area contributed by atoms with Crippen molar-refractivity contribution >= 4 is 29.2 Å². The van der Waals surface area contributed by atoms with Crippen LogP contribution in [0.1, 0.15) is 5.56 Å². The van der Waals surface area contributed by atoms with E-state index in [0.29, 0.717) is 0 Å². The molecule has 0 heterocycles. The molecule has 3 N–H and O–H groups in total. The van der Waals surface area contributed by atoms with Gasteiger partial charge >= 0.3 is 12.2 Å². The third-order valence-corrected chi connectivity index (χ3v) is 2.90. The van der Waals surface area contributed by atoms with Gasteiger partial charge in [-0.15, -0.1) is 0 Å². The molecule has 0 fully saturated rings. The van der Waals surface area contributed by atoms with Crippen LogP contribution >= 0.6 is 11.6 Å². The van der Waals surface area contributed by atoms with E-state index in [9.17, 15) is 22.8 Å². The molecule has 0 aliphatic carbocycles. The number of ether oxygens (including phenoxy) is 1. The zero-order valence-electron chi connectivity index (χ0n) is 12.1. The van der Waals surface area contributed by atoms with Crippen molar-refractivity contribution in [3.05, 3.63) is 28.8 Å². The Balaban J connectivity index is 2.52. The molecule has 0 saturated heterocycles. The summed E-state index contributed by atoms with van der Waals surface area (Å²) < 4.78 is 42.8. The van der Waals surface area contributed by atoms with Gasteiger partial charge in [0.25, 0.3) is 0 Å². The molecule has 0 aliphatic heterocycles. The summed E-state index contributed by atoms with van der Waals surface area (Å²) in [6.45, 7) is 0.122. The minimum atomic E-state index is -4.60. The Morgan fingerprint density at radius 1 is 1.30 bits per heavy atom. The van der Waals surface area contributed by atoms with Crippen LogP contribution in [0.15, 0.2) is 18.2 Å². The minimum Gasteiger partial charge on any atom is -0.383 e. The number of urea groups is 1. The Morgan fingerprint density at radius 3 is 2.61 bits per heavy atom. The molecule has 23 heavy (non-hydrogen) atoms. The molecule has 3 amide bonds. The first kappa shape index (κ1) is 19.0. The quantitative estimate of drug-likeness (QED) is 0.685. The van der Waals surface area contributed by atoms with E-state index in [0.717, 1.165) is 12.1 Å². The zero-order valence-corrected chi connectivity index (χ0v) is 12.8. The second kappa shape index (κ2) is 8.59. The number of hydrogen-bond acceptors (Lipinski definition) is 4. The number of alkyl halides is 3. The zero-order chi connectivity index (χ0) is 17.5. The van der Waals surface area contributed by atoms with E-state index >= 15 is 0 Å². The van der Waals surface area contributed by atoms with Crippen LogP contribution in [0.3, 0.4) is 0 Å². The molecular weight excluding hydrogens is 339 g/mol. The maximum atomic E-state index is 12.7. The Hall–Kier alpha value is -2.00. The molecule has 0 saturated carbocycles. The normalized spacial score (nSPS) is 11.0. The van der Waals surface area contributed by atoms with E-state index in [2.05, 4.69) is 10.6 Å². The van der Waals surface area contributed by atoms with E-state index in [1.54, 1.807) is 0 Å². The van der Waals surface area contributed by atoms with Gasteiger partial charge in [0, 0.05) is 19.3 Å². The van der Waals surface area contributed by atoms with Gasteiger partial charge in [-0.2, -0.15) is 13.2 Å². The number of anilines is 1. The van der Waals surface area contributed by atoms with Gasteiger partial charge in [-0.25, -0.2) is 4.79 Å². The number of carbonyl (C=O) groups is 2. The summed E-state index contributed by atoms with van der Waals surface area (Å²) in [4.78, 5) is 22.8. The second-order valence-electron chi connectivity index (χ2n) is 4.34. The molecule has 1 aromatic carbocycles. The largest absolute Gasteiger partial charge is 0.417 e. The number of methoxy groups -OCH3 is 1. The summed E-state index contributed by atoms with van der Waals surface area (Å²) in [6, 6.07) is 2.43. The highest BCUT2D eigenvalue weighted by Crippen LogP contribution is 2.36. The van der Waals surface area contributed by atoms with Gasteiger partial charge < -0.3 is 15.4 Å². The molecule has 0 spiro atoms. The fraction of sp³-hybridized carbons (Fsp3) is 0.385. The summed E-state index contributed by atoms with van der Waals surface area (Å²) in [5, 5.41) is 6.41. The van der Waals surface area contributed by atoms with Gasteiger partial charge in [0.05, 0.1) is 23.7 Å². The number of carbonyl (C=O) groups excluding carboxylic acids is 2. The molecule has 10 heteroatoms. The summed E-state index contributed by atoms with van der Waals surface area (Å²) >= 11 is 5.48. The van der Waals surface area contributed by atoms with E-state index < -0.39 is 28.7 Å². The van der Waals surface area contributed by atoms with Crippen molar-refractivity contribution < 1.29 is 27.5 Å². The Morgan fingerprint density at radius 2 is 2.00 bits per heavy atom. The molecular formula is C13H15ClF3N3O3. The van der Waals surface area contributed by atoms with Gasteiger partial charge in [0.2, 0.25) is 5.91 Å². The van der Waals surface area contributed by atoms with Crippen molar-refractivity contribution in [3.8, 4) is 0 Å². The third-order valence-electron chi connectivity index (χ3n) is 2.57. The second-order valence-corrected chi connectivity index (χ2v) is 4.75. The van der Waals surface area contributed by atoms with Crippen molar-refractivity contribution in [1.82, 2.24) is 10.6 Å². The predicted octanol–water partition coefficient (Wildman–Crippen LogP) is 2.24. The van der Waals surface area contributed by atoms with Gasteiger partial charge in [0.15, 0.2) is 0 Å². The number of imide groups is 1. The van der Waals surface area contributed by atoms with Crippen LogP contribution in [-0.2, 0) is 15.7 Å². The van der Waals surface area contributed by atoms with Crippen LogP contribution in [0.4, 0.5) is 23.7 Å². The molecule has 0 aromatic heterocycles. The topological polar surface area (TPSA) is 79.5 Å². The average Bonchev–Trinajstić information content (AvgIpc) is 2.45. The highest BCUT2D eigenvalue weighted by molar-refractivity contribution is 6.31. The Kier molecular flexibility index (Phi) is 7.11. The first-order valence-electron chi connectivity index (χ1n) is 6.41. The van der Waals surface area contributed by atoms with Crippen molar-refractivity contribution in [3.63, 3.8) is 0 Å². The average molecular weight is 354 g/mol. The van der Waals surface area contributed by atoms with Crippen molar-refractivity contribution in [1.29, 1.82) is 0 Å². The smallest absolute Gasteiger partial charge is 0.383 e. The summed E-state index contributed by atoms with van der Waals surface area (Å²) in [5.74, 6) is -0.705. The van der Waals surface area contributed by atoms with Gasteiger partial charge in [0.1, 0.15) is 0 Å². The lowest BCUT2D eigenvalue weighted by Crippen LogP contribution is -2.42. The van der Waals surface area contributed by atoms with E-state index in [1.807, 2.05) is 5.32 Å². The fourth-order valence-electron chi connectivity index (χ4n) is 1.52. The summed E-state index contributed by atoms with van der Waals surface area (Å²) in [7, 11) is 1.45. The predicted molar refractivity (Wildman–Crippen MR) is 78.4 cm³/mol. The van der Waals surface area contributed by atoms with Crippen LogP contribution in [0.2, 0.25) is 5.02 Å². The molecule has 6 nitrogen and oxygen atoms in total. The first-order chi connectivity index (χ1) is 10.7. The van der Waals surface area contributed by atoms with Crippen molar-refractivity contribution in [2.75, 3.05) is 32.1 Å². The summed E-state index contributed by atoms with van der Waals surface area (Å²) in [5.41, 5.74) is -0.960. The monoisotopic (exact) mass is 353 g/mol. The van der Waals surface area contributed by atoms with Crippen molar-refractivity contribution in [2.24, 2.45) is 0 Å². The summed E-state index contributed by atoms with van der Waals surface area (Å²) in [6.07, 6.45) is -4.60. The first-order valence-corrected chi connectivity index (χ1v) is 6.79. The molecule has 1 aromatic rings. The molecule has 0 bridgehead atoms. The van der Waals surface area contributed by atoms with E-state index in [-0.39, 0.29) is 25.4 Å². The maximum absolute atomic E-state index is 12.7. The lowest BCUT2D eigenvalue weighted by atomic mass is 10.2. The Labute approximate surface area is 135 Å². The molecule has 0 radical (unpaired) electrons. The molecule has 0 aliphatic rings. The number of benzene rings is 1. The van der Waals surface area contributed by atoms with Crippen molar-refractivity contribution in [2.45, 2.75) is 6.18 Å².